The van der Waals surface area contributed by atoms with E-state index in [1.165, 1.54) is 6.07 Å². The zero-order valence-corrected chi connectivity index (χ0v) is 12.7. The molecule has 1 unspecified atom stereocenters. The quantitative estimate of drug-likeness (QED) is 0.926. The maximum absolute atomic E-state index is 13.2. The second-order valence-electron chi connectivity index (χ2n) is 5.25. The fourth-order valence-corrected chi connectivity index (χ4v) is 2.84. The summed E-state index contributed by atoms with van der Waals surface area (Å²) in [6.07, 6.45) is 2.25. The van der Waals surface area contributed by atoms with E-state index in [0.29, 0.717) is 10.9 Å². The fourth-order valence-electron chi connectivity index (χ4n) is 2.60. The Kier molecular flexibility index (Phi) is 6.54. The van der Waals surface area contributed by atoms with Crippen molar-refractivity contribution in [2.45, 2.75) is 32.4 Å². The normalized spacial score (nSPS) is 18.9. The smallest absolute Gasteiger partial charge is 0.125 e. The number of likely N-dealkylation sites (tertiary alicyclic amines) is 1. The molecule has 2 N–H and O–H groups in total. The first-order valence-corrected chi connectivity index (χ1v) is 6.85. The molecule has 1 aromatic rings. The Balaban J connectivity index is 0.00000180. The van der Waals surface area contributed by atoms with E-state index >= 15 is 0 Å². The van der Waals surface area contributed by atoms with Gasteiger partial charge in [-0.1, -0.05) is 11.6 Å². The zero-order valence-electron chi connectivity index (χ0n) is 11.1. The molecule has 1 saturated heterocycles. The third-order valence-corrected chi connectivity index (χ3v) is 3.92. The predicted octanol–water partition coefficient (Wildman–Crippen LogP) is 3.46. The molecule has 0 aliphatic carbocycles. The first kappa shape index (κ1) is 16.7. The molecule has 0 amide bonds. The summed E-state index contributed by atoms with van der Waals surface area (Å²) >= 11 is 5.86. The zero-order chi connectivity index (χ0) is 13.1. The molecule has 1 fully saturated rings. The van der Waals surface area contributed by atoms with Gasteiger partial charge in [-0.3, -0.25) is 4.90 Å². The SMILES string of the molecule is CC(N)C1CCN(Cc2cc(F)cc(Cl)c2)CC1.Cl. The summed E-state index contributed by atoms with van der Waals surface area (Å²) in [6, 6.07) is 5.01. The highest BCUT2D eigenvalue weighted by atomic mass is 35.5. The van der Waals surface area contributed by atoms with Crippen molar-refractivity contribution in [2.24, 2.45) is 11.7 Å². The van der Waals surface area contributed by atoms with Gasteiger partial charge in [-0.25, -0.2) is 4.39 Å². The van der Waals surface area contributed by atoms with Crippen LogP contribution in [0.3, 0.4) is 0 Å². The molecule has 1 aliphatic rings. The van der Waals surface area contributed by atoms with E-state index in [-0.39, 0.29) is 24.3 Å². The van der Waals surface area contributed by atoms with Crippen molar-refractivity contribution >= 4 is 24.0 Å². The number of rotatable bonds is 3. The molecule has 0 spiro atoms. The second kappa shape index (κ2) is 7.44. The fraction of sp³-hybridized carbons (Fsp3) is 0.571. The third kappa shape index (κ3) is 4.92. The van der Waals surface area contributed by atoms with Crippen molar-refractivity contribution in [1.82, 2.24) is 4.90 Å². The number of benzene rings is 1. The predicted molar refractivity (Wildman–Crippen MR) is 80.3 cm³/mol. The van der Waals surface area contributed by atoms with Crippen molar-refractivity contribution in [2.75, 3.05) is 13.1 Å². The van der Waals surface area contributed by atoms with Crippen LogP contribution < -0.4 is 5.73 Å². The minimum atomic E-state index is -0.261. The van der Waals surface area contributed by atoms with Gasteiger partial charge < -0.3 is 5.73 Å². The second-order valence-corrected chi connectivity index (χ2v) is 5.69. The molecule has 0 aromatic heterocycles. The van der Waals surface area contributed by atoms with Gasteiger partial charge in [0, 0.05) is 17.6 Å². The van der Waals surface area contributed by atoms with E-state index in [2.05, 4.69) is 11.8 Å². The summed E-state index contributed by atoms with van der Waals surface area (Å²) in [5.41, 5.74) is 6.86. The average Bonchev–Trinajstić information content (AvgIpc) is 2.28. The van der Waals surface area contributed by atoms with Crippen LogP contribution in [0.1, 0.15) is 25.3 Å². The van der Waals surface area contributed by atoms with Crippen LogP contribution >= 0.6 is 24.0 Å². The van der Waals surface area contributed by atoms with Gasteiger partial charge in [0.1, 0.15) is 5.82 Å². The van der Waals surface area contributed by atoms with E-state index in [0.717, 1.165) is 38.0 Å². The Hall–Kier alpha value is -0.350. The number of halogens is 3. The molecule has 1 aliphatic heterocycles. The minimum absolute atomic E-state index is 0. The van der Waals surface area contributed by atoms with Crippen molar-refractivity contribution in [3.05, 3.63) is 34.6 Å². The largest absolute Gasteiger partial charge is 0.328 e. The van der Waals surface area contributed by atoms with Crippen LogP contribution in [0, 0.1) is 11.7 Å². The van der Waals surface area contributed by atoms with Gasteiger partial charge >= 0.3 is 0 Å². The van der Waals surface area contributed by atoms with Crippen LogP contribution in [-0.4, -0.2) is 24.0 Å². The number of nitrogens with two attached hydrogens (primary N) is 1. The van der Waals surface area contributed by atoms with Crippen molar-refractivity contribution < 1.29 is 4.39 Å². The Morgan fingerprint density at radius 2 is 2.00 bits per heavy atom. The Morgan fingerprint density at radius 3 is 2.53 bits per heavy atom. The molecule has 1 aromatic carbocycles. The first-order valence-electron chi connectivity index (χ1n) is 6.47. The van der Waals surface area contributed by atoms with Crippen LogP contribution in [0.2, 0.25) is 5.02 Å². The monoisotopic (exact) mass is 306 g/mol. The van der Waals surface area contributed by atoms with E-state index in [9.17, 15) is 4.39 Å². The molecule has 2 rings (SSSR count). The van der Waals surface area contributed by atoms with Crippen molar-refractivity contribution in [3.63, 3.8) is 0 Å². The van der Waals surface area contributed by atoms with Crippen molar-refractivity contribution in [3.8, 4) is 0 Å². The topological polar surface area (TPSA) is 29.3 Å². The minimum Gasteiger partial charge on any atom is -0.328 e. The van der Waals surface area contributed by atoms with Gasteiger partial charge in [-0.05, 0) is 62.5 Å². The van der Waals surface area contributed by atoms with Gasteiger partial charge in [-0.2, -0.15) is 0 Å². The molecular weight excluding hydrogens is 286 g/mol. The molecule has 1 atom stereocenters. The summed E-state index contributed by atoms with van der Waals surface area (Å²) in [5.74, 6) is 0.361. The molecule has 1 heterocycles. The van der Waals surface area contributed by atoms with Gasteiger partial charge in [0.25, 0.3) is 0 Å². The summed E-state index contributed by atoms with van der Waals surface area (Å²) < 4.78 is 13.2. The molecular formula is C14H21Cl2FN2. The first-order chi connectivity index (χ1) is 8.54. The lowest BCUT2D eigenvalue weighted by Gasteiger charge is -2.33. The summed E-state index contributed by atoms with van der Waals surface area (Å²) in [6.45, 7) is 4.90. The van der Waals surface area contributed by atoms with Gasteiger partial charge in [0.05, 0.1) is 0 Å². The standard InChI is InChI=1S/C14H20ClFN2.ClH/c1-10(17)12-2-4-18(5-3-12)9-11-6-13(15)8-14(16)7-11;/h6-8,10,12H,2-5,9,17H2,1H3;1H. The van der Waals surface area contributed by atoms with Gasteiger partial charge in [-0.15, -0.1) is 12.4 Å². The maximum atomic E-state index is 13.2. The van der Waals surface area contributed by atoms with Crippen LogP contribution in [0.5, 0.6) is 0 Å². The lowest BCUT2D eigenvalue weighted by molar-refractivity contribution is 0.165. The molecule has 108 valence electrons. The molecule has 0 bridgehead atoms. The Morgan fingerprint density at radius 1 is 1.37 bits per heavy atom. The number of nitrogens with zero attached hydrogens (tertiary/aromatic N) is 1. The number of hydrogen-bond donors (Lipinski definition) is 1. The highest BCUT2D eigenvalue weighted by Crippen LogP contribution is 2.22. The van der Waals surface area contributed by atoms with Crippen LogP contribution in [0.25, 0.3) is 0 Å². The number of hydrogen-bond acceptors (Lipinski definition) is 2. The van der Waals surface area contributed by atoms with Crippen LogP contribution in [0.15, 0.2) is 18.2 Å². The summed E-state index contributed by atoms with van der Waals surface area (Å²) in [7, 11) is 0. The lowest BCUT2D eigenvalue weighted by atomic mass is 9.91. The van der Waals surface area contributed by atoms with Crippen LogP contribution in [0.4, 0.5) is 4.39 Å². The third-order valence-electron chi connectivity index (χ3n) is 3.70. The Labute approximate surface area is 125 Å². The lowest BCUT2D eigenvalue weighted by Crippen LogP contribution is -2.39. The molecule has 0 saturated carbocycles. The summed E-state index contributed by atoms with van der Waals surface area (Å²) in [4.78, 5) is 2.34. The van der Waals surface area contributed by atoms with E-state index in [1.54, 1.807) is 6.07 Å². The summed E-state index contributed by atoms with van der Waals surface area (Å²) in [5, 5.41) is 0.468. The Bertz CT molecular complexity index is 384. The molecule has 0 radical (unpaired) electrons. The highest BCUT2D eigenvalue weighted by molar-refractivity contribution is 6.30. The van der Waals surface area contributed by atoms with Crippen molar-refractivity contribution in [1.29, 1.82) is 0 Å². The highest BCUT2D eigenvalue weighted by Gasteiger charge is 2.21. The molecule has 2 nitrogen and oxygen atoms in total. The van der Waals surface area contributed by atoms with Gasteiger partial charge in [0.15, 0.2) is 0 Å². The maximum Gasteiger partial charge on any atom is 0.125 e. The molecule has 19 heavy (non-hydrogen) atoms. The molecule has 5 heteroatoms. The van der Waals surface area contributed by atoms with Crippen LogP contribution in [-0.2, 0) is 6.54 Å². The average molecular weight is 307 g/mol. The number of piperidine rings is 1. The van der Waals surface area contributed by atoms with Gasteiger partial charge in [0.2, 0.25) is 0 Å². The van der Waals surface area contributed by atoms with E-state index in [4.69, 9.17) is 17.3 Å². The van der Waals surface area contributed by atoms with E-state index in [1.807, 2.05) is 6.07 Å². The van der Waals surface area contributed by atoms with E-state index < -0.39 is 0 Å².